The van der Waals surface area contributed by atoms with Gasteiger partial charge in [-0.3, -0.25) is 0 Å². The SMILES string of the molecule is CN1CCN(C2C=CN=C([AsH2])N2Cc2ccc(F)cc2)CC1. The summed E-state index contributed by atoms with van der Waals surface area (Å²) in [6, 6.07) is 6.76. The Labute approximate surface area is 139 Å². The predicted octanol–water partition coefficient (Wildman–Crippen LogP) is 0.718. The van der Waals surface area contributed by atoms with Gasteiger partial charge in [-0.05, 0) is 0 Å². The third-order valence-corrected chi connectivity index (χ3v) is 5.27. The van der Waals surface area contributed by atoms with Gasteiger partial charge in [-0.2, -0.15) is 0 Å². The van der Waals surface area contributed by atoms with E-state index in [1.165, 1.54) is 29.0 Å². The summed E-state index contributed by atoms with van der Waals surface area (Å²) in [7, 11) is 2.17. The van der Waals surface area contributed by atoms with Crippen molar-refractivity contribution >= 4 is 21.5 Å². The molecule has 1 aromatic rings. The summed E-state index contributed by atoms with van der Waals surface area (Å²) in [6.07, 6.45) is 4.33. The van der Waals surface area contributed by atoms with E-state index in [0.717, 1.165) is 42.9 Å². The van der Waals surface area contributed by atoms with Crippen molar-refractivity contribution < 1.29 is 4.39 Å². The van der Waals surface area contributed by atoms with Crippen LogP contribution in [0.3, 0.4) is 0 Å². The molecule has 6 heteroatoms. The van der Waals surface area contributed by atoms with E-state index in [0.29, 0.717) is 0 Å². The summed E-state index contributed by atoms with van der Waals surface area (Å²) >= 11 is 1.53. The third-order valence-electron chi connectivity index (χ3n) is 4.26. The molecule has 2 aliphatic rings. The number of amidine groups is 1. The van der Waals surface area contributed by atoms with E-state index in [9.17, 15) is 4.39 Å². The molecule has 1 fully saturated rings. The van der Waals surface area contributed by atoms with Crippen LogP contribution in [0.15, 0.2) is 41.5 Å². The van der Waals surface area contributed by atoms with E-state index in [4.69, 9.17) is 0 Å². The monoisotopic (exact) mass is 364 g/mol. The Hall–Kier alpha value is -1.16. The first-order chi connectivity index (χ1) is 10.6. The van der Waals surface area contributed by atoms with Crippen molar-refractivity contribution in [2.24, 2.45) is 4.99 Å². The number of piperazine rings is 1. The van der Waals surface area contributed by atoms with Crippen molar-refractivity contribution in [2.75, 3.05) is 33.2 Å². The van der Waals surface area contributed by atoms with Gasteiger partial charge >= 0.3 is 139 Å². The van der Waals surface area contributed by atoms with Crippen molar-refractivity contribution in [1.29, 1.82) is 0 Å². The molecule has 0 N–H and O–H groups in total. The Morgan fingerprint density at radius 1 is 1.18 bits per heavy atom. The van der Waals surface area contributed by atoms with Gasteiger partial charge in [-0.25, -0.2) is 0 Å². The zero-order valence-electron chi connectivity index (χ0n) is 12.8. The average molecular weight is 364 g/mol. The fourth-order valence-corrected chi connectivity index (χ4v) is 3.57. The second-order valence-corrected chi connectivity index (χ2v) is 6.92. The molecule has 2 heterocycles. The molecule has 1 aromatic carbocycles. The van der Waals surface area contributed by atoms with Crippen LogP contribution in [0.1, 0.15) is 5.56 Å². The van der Waals surface area contributed by atoms with Gasteiger partial charge in [-0.1, -0.05) is 0 Å². The van der Waals surface area contributed by atoms with Gasteiger partial charge in [0.1, 0.15) is 0 Å². The third kappa shape index (κ3) is 3.59. The number of benzene rings is 1. The Morgan fingerprint density at radius 2 is 1.86 bits per heavy atom. The molecule has 0 spiro atoms. The summed E-state index contributed by atoms with van der Waals surface area (Å²) in [5, 5.41) is 0. The molecule has 0 amide bonds. The summed E-state index contributed by atoms with van der Waals surface area (Å²) < 4.78 is 14.2. The first-order valence-corrected chi connectivity index (χ1v) is 8.78. The van der Waals surface area contributed by atoms with Crippen molar-refractivity contribution in [3.05, 3.63) is 47.9 Å². The van der Waals surface area contributed by atoms with E-state index >= 15 is 0 Å². The van der Waals surface area contributed by atoms with Crippen molar-refractivity contribution in [3.8, 4) is 0 Å². The van der Waals surface area contributed by atoms with Gasteiger partial charge in [-0.15, -0.1) is 0 Å². The van der Waals surface area contributed by atoms with Crippen LogP contribution in [0.4, 0.5) is 4.39 Å². The van der Waals surface area contributed by atoms with E-state index in [2.05, 4.69) is 32.8 Å². The first-order valence-electron chi connectivity index (χ1n) is 7.57. The maximum atomic E-state index is 13.1. The molecule has 2 aliphatic heterocycles. The van der Waals surface area contributed by atoms with E-state index in [1.807, 2.05) is 18.3 Å². The second kappa shape index (κ2) is 6.95. The van der Waals surface area contributed by atoms with E-state index in [1.54, 1.807) is 0 Å². The molecule has 0 saturated carbocycles. The molecule has 2 unspecified atom stereocenters. The fourth-order valence-electron chi connectivity index (χ4n) is 2.88. The Morgan fingerprint density at radius 3 is 2.55 bits per heavy atom. The number of hydrogen-bond acceptors (Lipinski definition) is 4. The Balaban J connectivity index is 1.75. The molecular formula is C16H22AsFN4. The molecule has 4 nitrogen and oxygen atoms in total. The molecule has 0 aliphatic carbocycles. The number of hydrogen-bond donors (Lipinski definition) is 0. The van der Waals surface area contributed by atoms with Gasteiger partial charge in [0.05, 0.1) is 0 Å². The molecular weight excluding hydrogens is 342 g/mol. The van der Waals surface area contributed by atoms with Crippen molar-refractivity contribution in [2.45, 2.75) is 12.7 Å². The van der Waals surface area contributed by atoms with Gasteiger partial charge in [0.15, 0.2) is 0 Å². The van der Waals surface area contributed by atoms with Crippen LogP contribution in [-0.2, 0) is 6.54 Å². The minimum atomic E-state index is -0.187. The standard InChI is InChI=1S/C16H22AsFN4/c1-20-8-10-21(11-9-20)15-6-7-19-16(17)22(15)12-13-2-4-14(18)5-3-13/h2-7,15H,8-12,17H2,1H3. The molecule has 0 radical (unpaired) electrons. The number of likely N-dealkylation sites (N-methyl/N-ethyl adjacent to an activating group) is 1. The molecule has 0 aromatic heterocycles. The van der Waals surface area contributed by atoms with Crippen LogP contribution in [0, 0.1) is 5.82 Å². The van der Waals surface area contributed by atoms with Crippen LogP contribution in [0.2, 0.25) is 0 Å². The zero-order valence-corrected chi connectivity index (χ0v) is 15.2. The van der Waals surface area contributed by atoms with Crippen LogP contribution in [0.5, 0.6) is 0 Å². The number of halogens is 1. The average Bonchev–Trinajstić information content (AvgIpc) is 2.52. The van der Waals surface area contributed by atoms with E-state index in [-0.39, 0.29) is 12.0 Å². The van der Waals surface area contributed by atoms with Gasteiger partial charge in [0, 0.05) is 0 Å². The Kier molecular flexibility index (Phi) is 4.96. The quantitative estimate of drug-likeness (QED) is 0.738. The zero-order chi connectivity index (χ0) is 15.5. The van der Waals surface area contributed by atoms with Crippen molar-refractivity contribution in [1.82, 2.24) is 14.7 Å². The van der Waals surface area contributed by atoms with Gasteiger partial charge < -0.3 is 0 Å². The minimum absolute atomic E-state index is 0.187. The summed E-state index contributed by atoms with van der Waals surface area (Å²) in [5.41, 5.74) is 1.11. The molecule has 0 bridgehead atoms. The summed E-state index contributed by atoms with van der Waals surface area (Å²) in [6.45, 7) is 5.07. The number of nitrogens with zero attached hydrogens (tertiary/aromatic N) is 4. The molecule has 3 rings (SSSR count). The summed E-state index contributed by atoms with van der Waals surface area (Å²) in [4.78, 5) is 11.6. The van der Waals surface area contributed by atoms with Gasteiger partial charge in [0.2, 0.25) is 0 Å². The molecule has 1 saturated heterocycles. The number of rotatable bonds is 3. The second-order valence-electron chi connectivity index (χ2n) is 5.84. The molecule has 2 atom stereocenters. The van der Waals surface area contributed by atoms with Crippen LogP contribution >= 0.6 is 0 Å². The molecule has 22 heavy (non-hydrogen) atoms. The van der Waals surface area contributed by atoms with Crippen LogP contribution in [-0.4, -0.2) is 75.6 Å². The normalized spacial score (nSPS) is 23.7. The Bertz CT molecular complexity index is 564. The van der Waals surface area contributed by atoms with Crippen LogP contribution in [0.25, 0.3) is 0 Å². The summed E-state index contributed by atoms with van der Waals surface area (Å²) in [5.74, 6) is -0.187. The van der Waals surface area contributed by atoms with Gasteiger partial charge in [0.25, 0.3) is 0 Å². The maximum absolute atomic E-state index is 13.1. The number of aliphatic imine (C=N–C) groups is 1. The topological polar surface area (TPSA) is 22.1 Å². The first kappa shape index (κ1) is 15.7. The molecule has 118 valence electrons. The van der Waals surface area contributed by atoms with Crippen molar-refractivity contribution in [3.63, 3.8) is 0 Å². The fraction of sp³-hybridized carbons (Fsp3) is 0.438. The van der Waals surface area contributed by atoms with E-state index < -0.39 is 0 Å². The predicted molar refractivity (Wildman–Crippen MR) is 89.9 cm³/mol. The van der Waals surface area contributed by atoms with Crippen LogP contribution < -0.4 is 0 Å².